The van der Waals surface area contributed by atoms with E-state index in [0.717, 1.165) is 16.9 Å². The number of nitrogens with two attached hydrogens (primary N) is 1. The zero-order chi connectivity index (χ0) is 14.8. The summed E-state index contributed by atoms with van der Waals surface area (Å²) in [6.07, 6.45) is 0. The molecule has 0 unspecified atom stereocenters. The molecule has 0 radical (unpaired) electrons. The van der Waals surface area contributed by atoms with Gasteiger partial charge in [-0.2, -0.15) is 0 Å². The Balaban J connectivity index is 2.19. The topological polar surface area (TPSA) is 35.2 Å². The van der Waals surface area contributed by atoms with Crippen LogP contribution in [0.2, 0.25) is 0 Å². The fraction of sp³-hybridized carbons (Fsp3) is 0.294. The van der Waals surface area contributed by atoms with Crippen LogP contribution in [0.3, 0.4) is 0 Å². The minimum atomic E-state index is -0.332. The first kappa shape index (κ1) is 14.4. The first-order valence-electron chi connectivity index (χ1n) is 6.64. The van der Waals surface area contributed by atoms with Crippen LogP contribution in [0.25, 0.3) is 0 Å². The number of nitrogen functional groups attached to an aromatic ring is 1. The van der Waals surface area contributed by atoms with Crippen molar-refractivity contribution in [2.24, 2.45) is 0 Å². The van der Waals surface area contributed by atoms with Gasteiger partial charge in [0.15, 0.2) is 0 Å². The van der Waals surface area contributed by atoms with E-state index in [2.05, 4.69) is 26.8 Å². The molecule has 0 saturated carbocycles. The summed E-state index contributed by atoms with van der Waals surface area (Å²) in [7, 11) is 0. The summed E-state index contributed by atoms with van der Waals surface area (Å²) in [4.78, 5) is 0. The van der Waals surface area contributed by atoms with E-state index >= 15 is 0 Å². The van der Waals surface area contributed by atoms with Crippen LogP contribution in [0.15, 0.2) is 42.5 Å². The summed E-state index contributed by atoms with van der Waals surface area (Å²) < 4.78 is 18.9. The Labute approximate surface area is 119 Å². The van der Waals surface area contributed by atoms with Crippen molar-refractivity contribution in [3.63, 3.8) is 0 Å². The smallest absolute Gasteiger partial charge is 0.125 e. The van der Waals surface area contributed by atoms with Gasteiger partial charge in [-0.25, -0.2) is 4.39 Å². The second-order valence-electron chi connectivity index (χ2n) is 5.88. The van der Waals surface area contributed by atoms with Crippen LogP contribution in [0.5, 0.6) is 5.75 Å². The second kappa shape index (κ2) is 5.53. The van der Waals surface area contributed by atoms with Crippen LogP contribution in [0.4, 0.5) is 10.1 Å². The van der Waals surface area contributed by atoms with Crippen molar-refractivity contribution < 1.29 is 9.13 Å². The Bertz CT molecular complexity index is 602. The molecule has 2 N–H and O–H groups in total. The lowest BCUT2D eigenvalue weighted by Crippen LogP contribution is -2.13. The van der Waals surface area contributed by atoms with Crippen molar-refractivity contribution in [2.45, 2.75) is 32.8 Å². The first-order chi connectivity index (χ1) is 9.38. The van der Waals surface area contributed by atoms with E-state index in [4.69, 9.17) is 10.5 Å². The van der Waals surface area contributed by atoms with E-state index in [9.17, 15) is 4.39 Å². The molecule has 20 heavy (non-hydrogen) atoms. The molecule has 0 spiro atoms. The predicted octanol–water partition coefficient (Wildman–Crippen LogP) is 4.28. The minimum absolute atomic E-state index is 0.00489. The maximum absolute atomic E-state index is 13.0. The molecule has 2 aromatic carbocycles. The molecule has 0 aliphatic heterocycles. The van der Waals surface area contributed by atoms with E-state index in [1.165, 1.54) is 12.1 Å². The van der Waals surface area contributed by atoms with E-state index in [1.807, 2.05) is 18.2 Å². The number of hydrogen-bond donors (Lipinski definition) is 1. The molecule has 0 fully saturated rings. The number of hydrogen-bond acceptors (Lipinski definition) is 2. The summed E-state index contributed by atoms with van der Waals surface area (Å²) in [6, 6.07) is 12.3. The Kier molecular flexibility index (Phi) is 3.98. The zero-order valence-electron chi connectivity index (χ0n) is 12.1. The molecule has 2 nitrogen and oxygen atoms in total. The summed E-state index contributed by atoms with van der Waals surface area (Å²) in [5.41, 5.74) is 8.14. The lowest BCUT2D eigenvalue weighted by Gasteiger charge is -2.22. The zero-order valence-corrected chi connectivity index (χ0v) is 12.1. The van der Waals surface area contributed by atoms with Crippen LogP contribution >= 0.6 is 0 Å². The molecule has 0 atom stereocenters. The molecule has 2 aromatic rings. The van der Waals surface area contributed by atoms with Crippen molar-refractivity contribution >= 4 is 5.69 Å². The Morgan fingerprint density at radius 2 is 1.80 bits per heavy atom. The molecular weight excluding hydrogens is 253 g/mol. The van der Waals surface area contributed by atoms with E-state index < -0.39 is 0 Å². The van der Waals surface area contributed by atoms with Crippen molar-refractivity contribution in [1.29, 1.82) is 0 Å². The highest BCUT2D eigenvalue weighted by atomic mass is 19.1. The van der Waals surface area contributed by atoms with E-state index in [0.29, 0.717) is 12.3 Å². The number of rotatable bonds is 3. The molecule has 0 aliphatic carbocycles. The summed E-state index contributed by atoms with van der Waals surface area (Å²) in [5, 5.41) is 0. The fourth-order valence-electron chi connectivity index (χ4n) is 2.06. The monoisotopic (exact) mass is 273 g/mol. The predicted molar refractivity (Wildman–Crippen MR) is 80.3 cm³/mol. The number of halogens is 1. The average Bonchev–Trinajstić information content (AvgIpc) is 2.37. The van der Waals surface area contributed by atoms with Gasteiger partial charge >= 0.3 is 0 Å². The maximum atomic E-state index is 13.0. The van der Waals surface area contributed by atoms with Gasteiger partial charge in [0.2, 0.25) is 0 Å². The SMILES string of the molecule is CC(C)(C)c1ccccc1OCc1ccc(F)cc1N. The summed E-state index contributed by atoms with van der Waals surface area (Å²) in [6.45, 7) is 6.75. The molecule has 0 saturated heterocycles. The molecule has 0 aliphatic rings. The van der Waals surface area contributed by atoms with Crippen molar-refractivity contribution in [3.8, 4) is 5.75 Å². The molecule has 3 heteroatoms. The van der Waals surface area contributed by atoms with Crippen molar-refractivity contribution in [1.82, 2.24) is 0 Å². The Morgan fingerprint density at radius 3 is 2.45 bits per heavy atom. The van der Waals surface area contributed by atoms with Crippen molar-refractivity contribution in [3.05, 3.63) is 59.4 Å². The van der Waals surface area contributed by atoms with Gasteiger partial charge in [-0.3, -0.25) is 0 Å². The van der Waals surface area contributed by atoms with Gasteiger partial charge in [0, 0.05) is 11.3 Å². The highest BCUT2D eigenvalue weighted by Crippen LogP contribution is 2.31. The summed E-state index contributed by atoms with van der Waals surface area (Å²) in [5.74, 6) is 0.505. The minimum Gasteiger partial charge on any atom is -0.489 e. The van der Waals surface area contributed by atoms with Crippen LogP contribution in [0, 0.1) is 5.82 Å². The molecule has 0 aromatic heterocycles. The molecule has 0 bridgehead atoms. The third kappa shape index (κ3) is 3.29. The van der Waals surface area contributed by atoms with Crippen LogP contribution in [0.1, 0.15) is 31.9 Å². The van der Waals surface area contributed by atoms with Gasteiger partial charge in [0.1, 0.15) is 18.2 Å². The fourth-order valence-corrected chi connectivity index (χ4v) is 2.06. The molecule has 0 heterocycles. The lowest BCUT2D eigenvalue weighted by atomic mass is 9.86. The van der Waals surface area contributed by atoms with E-state index in [-0.39, 0.29) is 11.2 Å². The van der Waals surface area contributed by atoms with Crippen LogP contribution < -0.4 is 10.5 Å². The standard InChI is InChI=1S/C17H20FNO/c1-17(2,3)14-6-4-5-7-16(14)20-11-12-8-9-13(18)10-15(12)19/h4-10H,11,19H2,1-3H3. The van der Waals surface area contributed by atoms with Gasteiger partial charge < -0.3 is 10.5 Å². The number of anilines is 1. The van der Waals surface area contributed by atoms with E-state index in [1.54, 1.807) is 6.07 Å². The average molecular weight is 273 g/mol. The van der Waals surface area contributed by atoms with Gasteiger partial charge in [0.05, 0.1) is 0 Å². The van der Waals surface area contributed by atoms with Crippen molar-refractivity contribution in [2.75, 3.05) is 5.73 Å². The Morgan fingerprint density at radius 1 is 1.10 bits per heavy atom. The normalized spacial score (nSPS) is 11.4. The largest absolute Gasteiger partial charge is 0.489 e. The molecule has 0 amide bonds. The van der Waals surface area contributed by atoms with Gasteiger partial charge in [-0.15, -0.1) is 0 Å². The van der Waals surface area contributed by atoms with Gasteiger partial charge in [-0.05, 0) is 29.2 Å². The summed E-state index contributed by atoms with van der Waals surface area (Å²) >= 11 is 0. The molecule has 106 valence electrons. The molecule has 2 rings (SSSR count). The molecular formula is C17H20FNO. The lowest BCUT2D eigenvalue weighted by molar-refractivity contribution is 0.298. The van der Waals surface area contributed by atoms with Gasteiger partial charge in [-0.1, -0.05) is 45.0 Å². The number of ether oxygens (including phenoxy) is 1. The number of para-hydroxylation sites is 1. The van der Waals surface area contributed by atoms with Crippen LogP contribution in [-0.2, 0) is 12.0 Å². The first-order valence-corrected chi connectivity index (χ1v) is 6.64. The quantitative estimate of drug-likeness (QED) is 0.847. The maximum Gasteiger partial charge on any atom is 0.125 e. The highest BCUT2D eigenvalue weighted by molar-refractivity contribution is 5.47. The van der Waals surface area contributed by atoms with Crippen LogP contribution in [-0.4, -0.2) is 0 Å². The number of benzene rings is 2. The third-order valence-corrected chi connectivity index (χ3v) is 3.19. The second-order valence-corrected chi connectivity index (χ2v) is 5.88. The highest BCUT2D eigenvalue weighted by Gasteiger charge is 2.18. The Hall–Kier alpha value is -2.03. The van der Waals surface area contributed by atoms with Gasteiger partial charge in [0.25, 0.3) is 0 Å². The third-order valence-electron chi connectivity index (χ3n) is 3.19.